The first-order chi connectivity index (χ1) is 9.83. The zero-order valence-electron chi connectivity index (χ0n) is 12.9. The predicted molar refractivity (Wildman–Crippen MR) is 84.8 cm³/mol. The van der Waals surface area contributed by atoms with E-state index in [1.165, 1.54) is 5.56 Å². The van der Waals surface area contributed by atoms with Gasteiger partial charge in [0.2, 0.25) is 0 Å². The SMILES string of the molecule is CC(C)(C)OC(=O)N1CCN[C@@H](Cc2cccc(Cl)c2)C1. The van der Waals surface area contributed by atoms with Crippen LogP contribution >= 0.6 is 11.6 Å². The molecule has 2 rings (SSSR count). The van der Waals surface area contributed by atoms with Crippen molar-refractivity contribution in [3.05, 3.63) is 34.9 Å². The van der Waals surface area contributed by atoms with Gasteiger partial charge in [0.25, 0.3) is 0 Å². The van der Waals surface area contributed by atoms with Crippen LogP contribution in [0.2, 0.25) is 5.02 Å². The topological polar surface area (TPSA) is 41.6 Å². The van der Waals surface area contributed by atoms with Crippen LogP contribution in [0.5, 0.6) is 0 Å². The average Bonchev–Trinajstić information content (AvgIpc) is 2.37. The third-order valence-electron chi connectivity index (χ3n) is 3.28. The first-order valence-corrected chi connectivity index (χ1v) is 7.67. The Labute approximate surface area is 131 Å². The standard InChI is InChI=1S/C16H23ClN2O2/c1-16(2,3)21-15(20)19-8-7-18-14(11-19)10-12-5-4-6-13(17)9-12/h4-6,9,14,18H,7-8,10-11H2,1-3H3/t14-/m0/s1. The summed E-state index contributed by atoms with van der Waals surface area (Å²) in [5, 5.41) is 4.19. The van der Waals surface area contributed by atoms with Gasteiger partial charge in [0, 0.05) is 30.7 Å². The average molecular weight is 311 g/mol. The van der Waals surface area contributed by atoms with Crippen molar-refractivity contribution in [3.63, 3.8) is 0 Å². The molecule has 1 atom stereocenters. The second kappa shape index (κ2) is 6.67. The van der Waals surface area contributed by atoms with Crippen LogP contribution in [0.1, 0.15) is 26.3 Å². The van der Waals surface area contributed by atoms with E-state index in [0.29, 0.717) is 13.1 Å². The minimum absolute atomic E-state index is 0.227. The Kier molecular flexibility index (Phi) is 5.12. The van der Waals surface area contributed by atoms with Crippen molar-refractivity contribution in [3.8, 4) is 0 Å². The molecule has 4 nitrogen and oxygen atoms in total. The lowest BCUT2D eigenvalue weighted by atomic mass is 10.0. The minimum Gasteiger partial charge on any atom is -0.444 e. The summed E-state index contributed by atoms with van der Waals surface area (Å²) in [4.78, 5) is 13.9. The van der Waals surface area contributed by atoms with Crippen LogP contribution in [0.25, 0.3) is 0 Å². The second-order valence-electron chi connectivity index (χ2n) is 6.41. The third kappa shape index (κ3) is 5.21. The number of benzene rings is 1. The van der Waals surface area contributed by atoms with Crippen LogP contribution in [0.15, 0.2) is 24.3 Å². The molecular weight excluding hydrogens is 288 g/mol. The Morgan fingerprint density at radius 1 is 1.48 bits per heavy atom. The molecule has 1 amide bonds. The number of halogens is 1. The number of rotatable bonds is 2. The highest BCUT2D eigenvalue weighted by molar-refractivity contribution is 6.30. The Morgan fingerprint density at radius 3 is 2.90 bits per heavy atom. The smallest absolute Gasteiger partial charge is 0.410 e. The molecule has 0 aliphatic carbocycles. The highest BCUT2D eigenvalue weighted by atomic mass is 35.5. The molecule has 1 aromatic carbocycles. The molecule has 1 saturated heterocycles. The van der Waals surface area contributed by atoms with Crippen molar-refractivity contribution in [2.75, 3.05) is 19.6 Å². The molecular formula is C16H23ClN2O2. The largest absolute Gasteiger partial charge is 0.444 e. The van der Waals surface area contributed by atoms with Crippen molar-refractivity contribution in [1.29, 1.82) is 0 Å². The van der Waals surface area contributed by atoms with Gasteiger partial charge in [-0.3, -0.25) is 0 Å². The summed E-state index contributed by atoms with van der Waals surface area (Å²) in [6.07, 6.45) is 0.611. The normalized spacial score (nSPS) is 19.4. The van der Waals surface area contributed by atoms with Crippen LogP contribution in [0.3, 0.4) is 0 Å². The number of ether oxygens (including phenoxy) is 1. The maximum absolute atomic E-state index is 12.1. The van der Waals surface area contributed by atoms with E-state index in [0.717, 1.165) is 18.0 Å². The molecule has 1 fully saturated rings. The number of hydrogen-bond donors (Lipinski definition) is 1. The van der Waals surface area contributed by atoms with Crippen LogP contribution < -0.4 is 5.32 Å². The minimum atomic E-state index is -0.454. The number of carbonyl (C=O) groups is 1. The highest BCUT2D eigenvalue weighted by Crippen LogP contribution is 2.15. The van der Waals surface area contributed by atoms with Gasteiger partial charge in [-0.25, -0.2) is 4.79 Å². The summed E-state index contributed by atoms with van der Waals surface area (Å²) in [7, 11) is 0. The number of piperazine rings is 1. The lowest BCUT2D eigenvalue weighted by Crippen LogP contribution is -2.54. The Bertz CT molecular complexity index is 499. The maximum Gasteiger partial charge on any atom is 0.410 e. The first kappa shape index (κ1) is 16.1. The number of carbonyl (C=O) groups excluding carboxylic acids is 1. The molecule has 1 N–H and O–H groups in total. The van der Waals surface area contributed by atoms with E-state index < -0.39 is 5.60 Å². The van der Waals surface area contributed by atoms with Gasteiger partial charge in [-0.15, -0.1) is 0 Å². The van der Waals surface area contributed by atoms with Gasteiger partial charge >= 0.3 is 6.09 Å². The van der Waals surface area contributed by atoms with Gasteiger partial charge in [0.15, 0.2) is 0 Å². The second-order valence-corrected chi connectivity index (χ2v) is 6.85. The van der Waals surface area contributed by atoms with Gasteiger partial charge in [0.1, 0.15) is 5.60 Å². The van der Waals surface area contributed by atoms with E-state index in [1.807, 2.05) is 39.0 Å². The maximum atomic E-state index is 12.1. The quantitative estimate of drug-likeness (QED) is 0.912. The summed E-state index contributed by atoms with van der Waals surface area (Å²) in [6.45, 7) is 7.77. The summed E-state index contributed by atoms with van der Waals surface area (Å²) in [6, 6.07) is 8.07. The molecule has 0 aromatic heterocycles. The van der Waals surface area contributed by atoms with Gasteiger partial charge < -0.3 is 15.0 Å². The number of nitrogens with one attached hydrogen (secondary N) is 1. The van der Waals surface area contributed by atoms with Gasteiger partial charge in [-0.2, -0.15) is 0 Å². The lowest BCUT2D eigenvalue weighted by molar-refractivity contribution is 0.0195. The molecule has 21 heavy (non-hydrogen) atoms. The summed E-state index contributed by atoms with van der Waals surface area (Å²) < 4.78 is 5.43. The molecule has 1 aromatic rings. The predicted octanol–water partition coefficient (Wildman–Crippen LogP) is 3.09. The summed E-state index contributed by atoms with van der Waals surface area (Å²) >= 11 is 6.01. The first-order valence-electron chi connectivity index (χ1n) is 7.29. The molecule has 1 heterocycles. The molecule has 0 radical (unpaired) electrons. The van der Waals surface area contributed by atoms with Crippen LogP contribution in [0.4, 0.5) is 4.79 Å². The fourth-order valence-corrected chi connectivity index (χ4v) is 2.62. The van der Waals surface area contributed by atoms with Crippen molar-refractivity contribution < 1.29 is 9.53 Å². The fourth-order valence-electron chi connectivity index (χ4n) is 2.40. The third-order valence-corrected chi connectivity index (χ3v) is 3.51. The van der Waals surface area contributed by atoms with E-state index in [4.69, 9.17) is 16.3 Å². The Hall–Kier alpha value is -1.26. The number of hydrogen-bond acceptors (Lipinski definition) is 3. The lowest BCUT2D eigenvalue weighted by Gasteiger charge is -2.35. The van der Waals surface area contributed by atoms with Gasteiger partial charge in [-0.05, 0) is 44.9 Å². The highest BCUT2D eigenvalue weighted by Gasteiger charge is 2.27. The van der Waals surface area contributed by atoms with Crippen molar-refractivity contribution in [2.45, 2.75) is 38.8 Å². The van der Waals surface area contributed by atoms with Crippen LogP contribution in [0, 0.1) is 0 Å². The van der Waals surface area contributed by atoms with Crippen molar-refractivity contribution in [1.82, 2.24) is 10.2 Å². The Morgan fingerprint density at radius 2 is 2.24 bits per heavy atom. The van der Waals surface area contributed by atoms with Gasteiger partial charge in [-0.1, -0.05) is 23.7 Å². The zero-order valence-corrected chi connectivity index (χ0v) is 13.6. The molecule has 0 unspecified atom stereocenters. The molecule has 5 heteroatoms. The number of amides is 1. The van der Waals surface area contributed by atoms with Gasteiger partial charge in [0.05, 0.1) is 0 Å². The van der Waals surface area contributed by atoms with Crippen LogP contribution in [-0.2, 0) is 11.2 Å². The Balaban J connectivity index is 1.93. The van der Waals surface area contributed by atoms with E-state index in [2.05, 4.69) is 11.4 Å². The van der Waals surface area contributed by atoms with E-state index >= 15 is 0 Å². The summed E-state index contributed by atoms with van der Waals surface area (Å²) in [5.74, 6) is 0. The van der Waals surface area contributed by atoms with E-state index in [-0.39, 0.29) is 12.1 Å². The molecule has 0 saturated carbocycles. The van der Waals surface area contributed by atoms with E-state index in [9.17, 15) is 4.79 Å². The zero-order chi connectivity index (χ0) is 15.5. The van der Waals surface area contributed by atoms with Crippen LogP contribution in [-0.4, -0.2) is 42.3 Å². The van der Waals surface area contributed by atoms with E-state index in [1.54, 1.807) is 4.90 Å². The fraction of sp³-hybridized carbons (Fsp3) is 0.562. The molecule has 0 spiro atoms. The van der Waals surface area contributed by atoms with Crippen molar-refractivity contribution >= 4 is 17.7 Å². The molecule has 116 valence electrons. The number of nitrogens with zero attached hydrogens (tertiary/aromatic N) is 1. The molecule has 1 aliphatic heterocycles. The van der Waals surface area contributed by atoms with Crippen molar-refractivity contribution in [2.24, 2.45) is 0 Å². The molecule has 1 aliphatic rings. The molecule has 0 bridgehead atoms. The summed E-state index contributed by atoms with van der Waals surface area (Å²) in [5.41, 5.74) is 0.718. The monoisotopic (exact) mass is 310 g/mol.